The molecule has 1 fully saturated rings. The van der Waals surface area contributed by atoms with Gasteiger partial charge in [-0.25, -0.2) is 18.4 Å². The summed E-state index contributed by atoms with van der Waals surface area (Å²) in [5.74, 6) is -0.553. The Kier molecular flexibility index (Phi) is 5.03. The van der Waals surface area contributed by atoms with Gasteiger partial charge in [0.25, 0.3) is 0 Å². The summed E-state index contributed by atoms with van der Waals surface area (Å²) < 4.78 is 34.0. The van der Waals surface area contributed by atoms with Crippen LogP contribution in [-0.4, -0.2) is 33.7 Å². The molecular weight excluding hydrogens is 362 g/mol. The summed E-state index contributed by atoms with van der Waals surface area (Å²) in [4.78, 5) is 12.0. The zero-order valence-electron chi connectivity index (χ0n) is 11.5. The number of primary sulfonamides is 1. The average Bonchev–Trinajstić information content (AvgIpc) is 2.41. The van der Waals surface area contributed by atoms with E-state index in [9.17, 15) is 13.2 Å². The molecule has 0 atom stereocenters. The Balaban J connectivity index is 2.27. The van der Waals surface area contributed by atoms with Gasteiger partial charge in [0, 0.05) is 17.3 Å². The van der Waals surface area contributed by atoms with Crippen LogP contribution in [-0.2, 0) is 19.5 Å². The third-order valence-electron chi connectivity index (χ3n) is 3.21. The Morgan fingerprint density at radius 1 is 1.38 bits per heavy atom. The van der Waals surface area contributed by atoms with E-state index in [2.05, 4.69) is 15.9 Å². The molecule has 1 aliphatic heterocycles. The highest BCUT2D eigenvalue weighted by molar-refractivity contribution is 9.10. The molecule has 2 N–H and O–H groups in total. The Bertz CT molecular complexity index is 653. The number of sulfonamides is 1. The fourth-order valence-electron chi connectivity index (χ4n) is 2.08. The third-order valence-corrected chi connectivity index (χ3v) is 5.46. The van der Waals surface area contributed by atoms with Gasteiger partial charge in [-0.15, -0.1) is 0 Å². The Labute approximate surface area is 131 Å². The maximum Gasteiger partial charge on any atom is 0.338 e. The van der Waals surface area contributed by atoms with Crippen LogP contribution in [0.3, 0.4) is 0 Å². The molecule has 1 aliphatic rings. The largest absolute Gasteiger partial charge is 0.459 e. The minimum atomic E-state index is -3.92. The quantitative estimate of drug-likeness (QED) is 0.809. The van der Waals surface area contributed by atoms with Crippen molar-refractivity contribution in [2.75, 3.05) is 13.2 Å². The molecular formula is C13H16BrNO5S. The monoisotopic (exact) mass is 377 g/mol. The molecule has 116 valence electrons. The van der Waals surface area contributed by atoms with E-state index in [1.807, 2.05) is 0 Å². The number of hydrogen-bond donors (Lipinski definition) is 1. The highest BCUT2D eigenvalue weighted by atomic mass is 79.9. The lowest BCUT2D eigenvalue weighted by Crippen LogP contribution is -2.26. The topological polar surface area (TPSA) is 95.7 Å². The highest BCUT2D eigenvalue weighted by Crippen LogP contribution is 2.27. The third kappa shape index (κ3) is 4.03. The van der Waals surface area contributed by atoms with Crippen molar-refractivity contribution in [3.05, 3.63) is 27.7 Å². The summed E-state index contributed by atoms with van der Waals surface area (Å²) in [7, 11) is -3.92. The van der Waals surface area contributed by atoms with Crippen molar-refractivity contribution >= 4 is 31.9 Å². The number of esters is 1. The molecule has 0 aliphatic carbocycles. The van der Waals surface area contributed by atoms with E-state index in [0.29, 0.717) is 36.1 Å². The number of carbonyl (C=O) groups is 1. The van der Waals surface area contributed by atoms with Gasteiger partial charge in [-0.1, -0.05) is 0 Å². The first-order valence-corrected chi connectivity index (χ1v) is 8.74. The second-order valence-corrected chi connectivity index (χ2v) is 7.19. The van der Waals surface area contributed by atoms with Crippen molar-refractivity contribution in [1.82, 2.24) is 0 Å². The summed E-state index contributed by atoms with van der Waals surface area (Å²) in [5.41, 5.74) is 0.770. The molecule has 0 spiro atoms. The zero-order chi connectivity index (χ0) is 15.6. The van der Waals surface area contributed by atoms with Gasteiger partial charge < -0.3 is 9.47 Å². The van der Waals surface area contributed by atoms with Crippen LogP contribution < -0.4 is 5.14 Å². The first-order valence-electron chi connectivity index (χ1n) is 6.40. The summed E-state index contributed by atoms with van der Waals surface area (Å²) in [6.45, 7) is 2.80. The number of aryl methyl sites for hydroxylation is 1. The molecule has 2 rings (SSSR count). The number of rotatable bonds is 3. The summed E-state index contributed by atoms with van der Waals surface area (Å²) in [5, 5.41) is 5.15. The van der Waals surface area contributed by atoms with Crippen molar-refractivity contribution in [2.24, 2.45) is 5.14 Å². The molecule has 0 unspecified atom stereocenters. The van der Waals surface area contributed by atoms with Crippen LogP contribution in [0.4, 0.5) is 0 Å². The predicted octanol–water partition coefficient (Wildman–Crippen LogP) is 1.74. The normalized spacial score (nSPS) is 16.7. The van der Waals surface area contributed by atoms with Gasteiger partial charge in [0.15, 0.2) is 0 Å². The fourth-order valence-corrected chi connectivity index (χ4v) is 3.68. The minimum Gasteiger partial charge on any atom is -0.459 e. The Morgan fingerprint density at radius 3 is 2.57 bits per heavy atom. The number of halogens is 1. The van der Waals surface area contributed by atoms with Crippen molar-refractivity contribution < 1.29 is 22.7 Å². The van der Waals surface area contributed by atoms with E-state index in [4.69, 9.17) is 14.6 Å². The molecule has 0 bridgehead atoms. The number of hydrogen-bond acceptors (Lipinski definition) is 5. The SMILES string of the molecule is Cc1cc(C(=O)OC2CCOCC2)cc(S(N)(=O)=O)c1Br. The lowest BCUT2D eigenvalue weighted by Gasteiger charge is -2.22. The number of carbonyl (C=O) groups excluding carboxylic acids is 1. The standard InChI is InChI=1S/C13H16BrNO5S/c1-8-6-9(7-11(12(8)14)21(15,17)18)13(16)20-10-2-4-19-5-3-10/h6-7,10H,2-5H2,1H3,(H2,15,17,18). The predicted molar refractivity (Wildman–Crippen MR) is 79.5 cm³/mol. The lowest BCUT2D eigenvalue weighted by molar-refractivity contribution is -0.0159. The molecule has 0 aromatic heterocycles. The molecule has 1 saturated heterocycles. The van der Waals surface area contributed by atoms with Gasteiger partial charge in [0.1, 0.15) is 6.10 Å². The van der Waals surface area contributed by atoms with E-state index in [0.717, 1.165) is 0 Å². The molecule has 1 aromatic carbocycles. The Hall–Kier alpha value is -0.960. The van der Waals surface area contributed by atoms with Gasteiger partial charge in [-0.2, -0.15) is 0 Å². The average molecular weight is 378 g/mol. The number of ether oxygens (including phenoxy) is 2. The zero-order valence-corrected chi connectivity index (χ0v) is 13.9. The molecule has 1 heterocycles. The summed E-state index contributed by atoms with van der Waals surface area (Å²) in [6, 6.07) is 2.80. The molecule has 6 nitrogen and oxygen atoms in total. The molecule has 21 heavy (non-hydrogen) atoms. The van der Waals surface area contributed by atoms with Gasteiger partial charge in [0.05, 0.1) is 23.7 Å². The highest BCUT2D eigenvalue weighted by Gasteiger charge is 2.22. The van der Waals surface area contributed by atoms with Crippen LogP contribution in [0.25, 0.3) is 0 Å². The van der Waals surface area contributed by atoms with Crippen LogP contribution in [0.2, 0.25) is 0 Å². The van der Waals surface area contributed by atoms with E-state index in [1.54, 1.807) is 13.0 Å². The van der Waals surface area contributed by atoms with Gasteiger partial charge >= 0.3 is 5.97 Å². The molecule has 1 aromatic rings. The van der Waals surface area contributed by atoms with Crippen LogP contribution in [0.5, 0.6) is 0 Å². The molecule has 0 amide bonds. The maximum absolute atomic E-state index is 12.1. The molecule has 8 heteroatoms. The van der Waals surface area contributed by atoms with Crippen LogP contribution in [0.15, 0.2) is 21.5 Å². The number of nitrogens with two attached hydrogens (primary N) is 1. The minimum absolute atomic E-state index is 0.124. The van der Waals surface area contributed by atoms with Gasteiger partial charge in [-0.3, -0.25) is 0 Å². The molecule has 0 saturated carbocycles. The second kappa shape index (κ2) is 6.43. The number of benzene rings is 1. The van der Waals surface area contributed by atoms with Crippen molar-refractivity contribution in [3.63, 3.8) is 0 Å². The van der Waals surface area contributed by atoms with Crippen molar-refractivity contribution in [3.8, 4) is 0 Å². The van der Waals surface area contributed by atoms with Gasteiger partial charge in [0.2, 0.25) is 10.0 Å². The van der Waals surface area contributed by atoms with E-state index in [-0.39, 0.29) is 16.6 Å². The van der Waals surface area contributed by atoms with E-state index < -0.39 is 16.0 Å². The summed E-state index contributed by atoms with van der Waals surface area (Å²) >= 11 is 3.17. The van der Waals surface area contributed by atoms with Crippen LogP contribution >= 0.6 is 15.9 Å². The van der Waals surface area contributed by atoms with E-state index in [1.165, 1.54) is 6.07 Å². The van der Waals surface area contributed by atoms with Crippen LogP contribution in [0.1, 0.15) is 28.8 Å². The van der Waals surface area contributed by atoms with Crippen molar-refractivity contribution in [2.45, 2.75) is 30.8 Å². The first-order chi connectivity index (χ1) is 9.79. The fraction of sp³-hybridized carbons (Fsp3) is 0.462. The Morgan fingerprint density at radius 2 is 2.00 bits per heavy atom. The van der Waals surface area contributed by atoms with Gasteiger partial charge in [-0.05, 0) is 40.5 Å². The summed E-state index contributed by atoms with van der Waals surface area (Å²) in [6.07, 6.45) is 1.08. The van der Waals surface area contributed by atoms with Crippen LogP contribution in [0, 0.1) is 6.92 Å². The van der Waals surface area contributed by atoms with Crippen molar-refractivity contribution in [1.29, 1.82) is 0 Å². The lowest BCUT2D eigenvalue weighted by atomic mass is 10.1. The molecule has 0 radical (unpaired) electrons. The maximum atomic E-state index is 12.1. The van der Waals surface area contributed by atoms with E-state index >= 15 is 0 Å². The smallest absolute Gasteiger partial charge is 0.338 e. The first kappa shape index (κ1) is 16.4. The second-order valence-electron chi connectivity index (χ2n) is 4.87.